The number of rotatable bonds is 3. The molecular formula is C13H11F3N2O. The smallest absolute Gasteiger partial charge is 0.433 e. The van der Waals surface area contributed by atoms with E-state index < -0.39 is 11.9 Å². The largest absolute Gasteiger partial charge is 0.473 e. The standard InChI is InChI=1S/C13H11F3N2O/c14-13(15,16)11-2-1-3-12(18-11)19-8-9-4-6-10(17)7-5-9/h1-7H,8,17H2. The monoisotopic (exact) mass is 268 g/mol. The zero-order valence-electron chi connectivity index (χ0n) is 9.82. The van der Waals surface area contributed by atoms with Gasteiger partial charge in [0.25, 0.3) is 0 Å². The molecule has 1 aromatic carbocycles. The van der Waals surface area contributed by atoms with Crippen molar-refractivity contribution in [2.24, 2.45) is 0 Å². The molecule has 19 heavy (non-hydrogen) atoms. The Kier molecular flexibility index (Phi) is 3.59. The molecule has 0 aliphatic rings. The van der Waals surface area contributed by atoms with Crippen molar-refractivity contribution < 1.29 is 17.9 Å². The number of halogens is 3. The molecule has 1 heterocycles. The number of aromatic nitrogens is 1. The van der Waals surface area contributed by atoms with E-state index in [1.54, 1.807) is 24.3 Å². The van der Waals surface area contributed by atoms with Gasteiger partial charge in [-0.25, -0.2) is 4.98 Å². The number of ether oxygens (including phenoxy) is 1. The zero-order valence-corrected chi connectivity index (χ0v) is 9.82. The number of hydrogen-bond acceptors (Lipinski definition) is 3. The molecule has 0 aliphatic carbocycles. The minimum Gasteiger partial charge on any atom is -0.473 e. The summed E-state index contributed by atoms with van der Waals surface area (Å²) in [4.78, 5) is 3.40. The highest BCUT2D eigenvalue weighted by Crippen LogP contribution is 2.28. The van der Waals surface area contributed by atoms with E-state index >= 15 is 0 Å². The Hall–Kier alpha value is -2.24. The first kappa shape index (κ1) is 13.2. The normalized spacial score (nSPS) is 11.3. The summed E-state index contributed by atoms with van der Waals surface area (Å²) in [7, 11) is 0. The van der Waals surface area contributed by atoms with Crippen LogP contribution in [0.25, 0.3) is 0 Å². The zero-order chi connectivity index (χ0) is 13.9. The number of pyridine rings is 1. The maximum absolute atomic E-state index is 12.4. The molecule has 2 aromatic rings. The van der Waals surface area contributed by atoms with Crippen LogP contribution in [0.15, 0.2) is 42.5 Å². The number of hydrogen-bond donors (Lipinski definition) is 1. The topological polar surface area (TPSA) is 48.1 Å². The van der Waals surface area contributed by atoms with Gasteiger partial charge in [-0.05, 0) is 23.8 Å². The van der Waals surface area contributed by atoms with Crippen LogP contribution in [-0.4, -0.2) is 4.98 Å². The van der Waals surface area contributed by atoms with Gasteiger partial charge in [-0.3, -0.25) is 0 Å². The Morgan fingerprint density at radius 2 is 1.74 bits per heavy atom. The van der Waals surface area contributed by atoms with Crippen LogP contribution in [0.1, 0.15) is 11.3 Å². The number of anilines is 1. The van der Waals surface area contributed by atoms with Gasteiger partial charge in [0, 0.05) is 11.8 Å². The van der Waals surface area contributed by atoms with Gasteiger partial charge in [-0.2, -0.15) is 13.2 Å². The molecule has 0 saturated heterocycles. The van der Waals surface area contributed by atoms with Crippen LogP contribution in [-0.2, 0) is 12.8 Å². The average Bonchev–Trinajstić information content (AvgIpc) is 2.37. The van der Waals surface area contributed by atoms with Gasteiger partial charge in [0.05, 0.1) is 0 Å². The Bertz CT molecular complexity index is 553. The summed E-state index contributed by atoms with van der Waals surface area (Å²) in [6.07, 6.45) is -4.47. The van der Waals surface area contributed by atoms with Gasteiger partial charge in [0.15, 0.2) is 0 Å². The molecule has 0 unspecified atom stereocenters. The number of nitrogens with zero attached hydrogens (tertiary/aromatic N) is 1. The predicted molar refractivity (Wildman–Crippen MR) is 64.4 cm³/mol. The van der Waals surface area contributed by atoms with Gasteiger partial charge >= 0.3 is 6.18 Å². The predicted octanol–water partition coefficient (Wildman–Crippen LogP) is 3.26. The first-order chi connectivity index (χ1) is 8.95. The van der Waals surface area contributed by atoms with Gasteiger partial charge in [0.2, 0.25) is 5.88 Å². The van der Waals surface area contributed by atoms with Crippen molar-refractivity contribution in [3.63, 3.8) is 0 Å². The van der Waals surface area contributed by atoms with Crippen molar-refractivity contribution in [1.82, 2.24) is 4.98 Å². The van der Waals surface area contributed by atoms with E-state index in [4.69, 9.17) is 10.5 Å². The quantitative estimate of drug-likeness (QED) is 0.869. The van der Waals surface area contributed by atoms with Crippen molar-refractivity contribution in [3.8, 4) is 5.88 Å². The van der Waals surface area contributed by atoms with E-state index in [9.17, 15) is 13.2 Å². The second kappa shape index (κ2) is 5.17. The fourth-order valence-electron chi connectivity index (χ4n) is 1.42. The minimum atomic E-state index is -4.47. The summed E-state index contributed by atoms with van der Waals surface area (Å²) in [5.41, 5.74) is 5.96. The van der Waals surface area contributed by atoms with E-state index in [2.05, 4.69) is 4.98 Å². The Balaban J connectivity index is 2.05. The molecule has 0 saturated carbocycles. The van der Waals surface area contributed by atoms with E-state index in [0.717, 1.165) is 11.6 Å². The molecule has 0 fully saturated rings. The molecule has 1 aromatic heterocycles. The Labute approximate surface area is 107 Å². The van der Waals surface area contributed by atoms with Crippen LogP contribution in [0, 0.1) is 0 Å². The molecular weight excluding hydrogens is 257 g/mol. The highest BCUT2D eigenvalue weighted by atomic mass is 19.4. The highest BCUT2D eigenvalue weighted by molar-refractivity contribution is 5.39. The lowest BCUT2D eigenvalue weighted by Gasteiger charge is -2.09. The number of nitrogens with two attached hydrogens (primary N) is 1. The second-order valence-electron chi connectivity index (χ2n) is 3.89. The van der Waals surface area contributed by atoms with Crippen molar-refractivity contribution in [2.45, 2.75) is 12.8 Å². The van der Waals surface area contributed by atoms with Crippen LogP contribution < -0.4 is 10.5 Å². The molecule has 2 rings (SSSR count). The third-order valence-electron chi connectivity index (χ3n) is 2.38. The summed E-state index contributed by atoms with van der Waals surface area (Å²) in [6.45, 7) is 0.134. The van der Waals surface area contributed by atoms with Crippen molar-refractivity contribution in [1.29, 1.82) is 0 Å². The summed E-state index contributed by atoms with van der Waals surface area (Å²) in [5.74, 6) is -0.0633. The fourth-order valence-corrected chi connectivity index (χ4v) is 1.42. The van der Waals surface area contributed by atoms with E-state index in [-0.39, 0.29) is 12.5 Å². The molecule has 2 N–H and O–H groups in total. The summed E-state index contributed by atoms with van der Waals surface area (Å²) >= 11 is 0. The maximum atomic E-state index is 12.4. The van der Waals surface area contributed by atoms with Crippen molar-refractivity contribution in [3.05, 3.63) is 53.7 Å². The minimum absolute atomic E-state index is 0.0633. The van der Waals surface area contributed by atoms with Crippen LogP contribution in [0.4, 0.5) is 18.9 Å². The highest BCUT2D eigenvalue weighted by Gasteiger charge is 2.32. The lowest BCUT2D eigenvalue weighted by molar-refractivity contribution is -0.141. The molecule has 0 amide bonds. The van der Waals surface area contributed by atoms with Crippen LogP contribution in [0.2, 0.25) is 0 Å². The van der Waals surface area contributed by atoms with Crippen LogP contribution in [0.5, 0.6) is 5.88 Å². The number of nitrogen functional groups attached to an aromatic ring is 1. The third kappa shape index (κ3) is 3.61. The first-order valence-electron chi connectivity index (χ1n) is 5.46. The van der Waals surface area contributed by atoms with Gasteiger partial charge < -0.3 is 10.5 Å². The van der Waals surface area contributed by atoms with Crippen molar-refractivity contribution in [2.75, 3.05) is 5.73 Å². The molecule has 0 bridgehead atoms. The van der Waals surface area contributed by atoms with E-state index in [1.807, 2.05) is 0 Å². The van der Waals surface area contributed by atoms with Gasteiger partial charge in [-0.15, -0.1) is 0 Å². The molecule has 0 radical (unpaired) electrons. The van der Waals surface area contributed by atoms with E-state index in [1.165, 1.54) is 12.1 Å². The third-order valence-corrected chi connectivity index (χ3v) is 2.38. The summed E-state index contributed by atoms with van der Waals surface area (Å²) < 4.78 is 42.5. The first-order valence-corrected chi connectivity index (χ1v) is 5.46. The maximum Gasteiger partial charge on any atom is 0.433 e. The number of benzene rings is 1. The Morgan fingerprint density at radius 1 is 1.05 bits per heavy atom. The molecule has 100 valence electrons. The molecule has 0 spiro atoms. The molecule has 0 aliphatic heterocycles. The van der Waals surface area contributed by atoms with Gasteiger partial charge in [-0.1, -0.05) is 18.2 Å². The Morgan fingerprint density at radius 3 is 2.37 bits per heavy atom. The van der Waals surface area contributed by atoms with E-state index in [0.29, 0.717) is 5.69 Å². The lowest BCUT2D eigenvalue weighted by atomic mass is 10.2. The van der Waals surface area contributed by atoms with Crippen LogP contribution in [0.3, 0.4) is 0 Å². The second-order valence-corrected chi connectivity index (χ2v) is 3.89. The van der Waals surface area contributed by atoms with Crippen molar-refractivity contribution >= 4 is 5.69 Å². The SMILES string of the molecule is Nc1ccc(COc2cccc(C(F)(F)F)n2)cc1. The average molecular weight is 268 g/mol. The van der Waals surface area contributed by atoms with Crippen LogP contribution >= 0.6 is 0 Å². The molecule has 6 heteroatoms. The summed E-state index contributed by atoms with van der Waals surface area (Å²) in [6, 6.07) is 10.4. The summed E-state index contributed by atoms with van der Waals surface area (Å²) in [5, 5.41) is 0. The number of alkyl halides is 3. The fraction of sp³-hybridized carbons (Fsp3) is 0.154. The molecule has 3 nitrogen and oxygen atoms in total. The molecule has 0 atom stereocenters. The lowest BCUT2D eigenvalue weighted by Crippen LogP contribution is -2.08. The van der Waals surface area contributed by atoms with Gasteiger partial charge in [0.1, 0.15) is 12.3 Å².